The molecule has 0 saturated heterocycles. The number of hydrogen-bond acceptors (Lipinski definition) is 2. The minimum absolute atomic E-state index is 0.0799. The zero-order valence-electron chi connectivity index (χ0n) is 9.90. The maximum Gasteiger partial charge on any atom is 0.142 e. The average Bonchev–Trinajstić information content (AvgIpc) is 2.44. The lowest BCUT2D eigenvalue weighted by molar-refractivity contribution is 0.628. The van der Waals surface area contributed by atoms with E-state index in [-0.39, 0.29) is 16.3 Å². The van der Waals surface area contributed by atoms with Crippen molar-refractivity contribution in [2.75, 3.05) is 0 Å². The smallest absolute Gasteiger partial charge is 0.142 e. The Morgan fingerprint density at radius 1 is 1.11 bits per heavy atom. The SMILES string of the molecule is N#C/C(=C(/N)c1cccc(F)c1Cl)c1ccccc1. The highest BCUT2D eigenvalue weighted by molar-refractivity contribution is 6.32. The van der Waals surface area contributed by atoms with E-state index in [1.165, 1.54) is 12.1 Å². The molecule has 0 aromatic heterocycles. The zero-order valence-corrected chi connectivity index (χ0v) is 10.7. The topological polar surface area (TPSA) is 49.8 Å². The summed E-state index contributed by atoms with van der Waals surface area (Å²) in [6, 6.07) is 15.3. The molecule has 2 aromatic carbocycles. The summed E-state index contributed by atoms with van der Waals surface area (Å²) >= 11 is 5.88. The summed E-state index contributed by atoms with van der Waals surface area (Å²) in [6.45, 7) is 0. The summed E-state index contributed by atoms with van der Waals surface area (Å²) in [5, 5.41) is 9.17. The fraction of sp³-hybridized carbons (Fsp3) is 0. The Bertz CT molecular complexity index is 672. The van der Waals surface area contributed by atoms with Crippen LogP contribution in [-0.4, -0.2) is 0 Å². The van der Waals surface area contributed by atoms with Crippen molar-refractivity contribution in [3.63, 3.8) is 0 Å². The molecule has 2 N–H and O–H groups in total. The molecule has 0 fully saturated rings. The van der Waals surface area contributed by atoms with Crippen LogP contribution in [0.1, 0.15) is 11.1 Å². The van der Waals surface area contributed by atoms with Crippen molar-refractivity contribution in [1.29, 1.82) is 5.26 Å². The van der Waals surface area contributed by atoms with Gasteiger partial charge in [-0.2, -0.15) is 5.26 Å². The normalized spacial score (nSPS) is 11.6. The molecule has 0 radical (unpaired) electrons. The van der Waals surface area contributed by atoms with Gasteiger partial charge in [-0.1, -0.05) is 54.1 Å². The molecule has 0 spiro atoms. The van der Waals surface area contributed by atoms with Crippen molar-refractivity contribution in [3.05, 3.63) is 70.5 Å². The van der Waals surface area contributed by atoms with Gasteiger partial charge in [0.15, 0.2) is 0 Å². The van der Waals surface area contributed by atoms with E-state index in [0.717, 1.165) is 0 Å². The first-order valence-electron chi connectivity index (χ1n) is 5.54. The quantitative estimate of drug-likeness (QED) is 0.667. The van der Waals surface area contributed by atoms with Gasteiger partial charge in [0.05, 0.1) is 16.3 Å². The predicted octanol–water partition coefficient (Wildman–Crippen LogP) is 3.83. The van der Waals surface area contributed by atoms with Gasteiger partial charge in [-0.25, -0.2) is 4.39 Å². The molecule has 4 heteroatoms. The summed E-state index contributed by atoms with van der Waals surface area (Å²) in [7, 11) is 0. The first-order chi connectivity index (χ1) is 9.15. The molecule has 0 bridgehead atoms. The summed E-state index contributed by atoms with van der Waals surface area (Å²) in [5.41, 5.74) is 7.38. The van der Waals surface area contributed by atoms with Crippen LogP contribution < -0.4 is 5.73 Å². The fourth-order valence-corrected chi connectivity index (χ4v) is 1.96. The standard InChI is InChI=1S/C15H10ClFN2/c16-14-11(7-4-8-13(14)17)15(19)12(9-18)10-5-2-1-3-6-10/h1-8H,19H2/b15-12-. The molecule has 0 atom stereocenters. The lowest BCUT2D eigenvalue weighted by atomic mass is 10.0. The summed E-state index contributed by atoms with van der Waals surface area (Å²) in [5.74, 6) is -0.563. The molecule has 2 aromatic rings. The van der Waals surface area contributed by atoms with Crippen molar-refractivity contribution >= 4 is 22.9 Å². The molecule has 0 aliphatic heterocycles. The van der Waals surface area contributed by atoms with Crippen LogP contribution in [0.15, 0.2) is 48.5 Å². The van der Waals surface area contributed by atoms with E-state index in [0.29, 0.717) is 11.1 Å². The van der Waals surface area contributed by atoms with Gasteiger partial charge in [0.25, 0.3) is 0 Å². The van der Waals surface area contributed by atoms with E-state index >= 15 is 0 Å². The number of benzene rings is 2. The molecule has 2 nitrogen and oxygen atoms in total. The van der Waals surface area contributed by atoms with E-state index in [1.54, 1.807) is 30.3 Å². The second-order valence-corrected chi connectivity index (χ2v) is 4.25. The molecule has 2 rings (SSSR count). The Kier molecular flexibility index (Phi) is 3.84. The van der Waals surface area contributed by atoms with Crippen LogP contribution in [0.2, 0.25) is 5.02 Å². The van der Waals surface area contributed by atoms with Crippen LogP contribution in [0.5, 0.6) is 0 Å². The summed E-state index contributed by atoms with van der Waals surface area (Å²) in [4.78, 5) is 0. The second-order valence-electron chi connectivity index (χ2n) is 3.87. The Labute approximate surface area is 115 Å². The first kappa shape index (κ1) is 13.1. The second kappa shape index (κ2) is 5.55. The van der Waals surface area contributed by atoms with Gasteiger partial charge >= 0.3 is 0 Å². The van der Waals surface area contributed by atoms with Crippen molar-refractivity contribution in [2.24, 2.45) is 5.73 Å². The Balaban J connectivity index is 2.63. The number of nitriles is 1. The highest BCUT2D eigenvalue weighted by atomic mass is 35.5. The van der Waals surface area contributed by atoms with Gasteiger partial charge in [0, 0.05) is 5.56 Å². The Morgan fingerprint density at radius 3 is 2.42 bits per heavy atom. The third-order valence-corrected chi connectivity index (χ3v) is 3.07. The van der Waals surface area contributed by atoms with Crippen LogP contribution >= 0.6 is 11.6 Å². The molecular formula is C15H10ClFN2. The number of nitrogens with zero attached hydrogens (tertiary/aromatic N) is 1. The number of halogens is 2. The lowest BCUT2D eigenvalue weighted by Gasteiger charge is -2.08. The maximum absolute atomic E-state index is 13.4. The molecule has 0 aliphatic carbocycles. The van der Waals surface area contributed by atoms with Crippen molar-refractivity contribution < 1.29 is 4.39 Å². The highest BCUT2D eigenvalue weighted by Crippen LogP contribution is 2.28. The third kappa shape index (κ3) is 2.59. The molecule has 0 aliphatic rings. The van der Waals surface area contributed by atoms with Crippen molar-refractivity contribution in [2.45, 2.75) is 0 Å². The van der Waals surface area contributed by atoms with Crippen LogP contribution in [0, 0.1) is 17.1 Å². The number of rotatable bonds is 2. The number of nitrogens with two attached hydrogens (primary N) is 1. The van der Waals surface area contributed by atoms with Crippen molar-refractivity contribution in [3.8, 4) is 6.07 Å². The van der Waals surface area contributed by atoms with Gasteiger partial charge < -0.3 is 5.73 Å². The first-order valence-corrected chi connectivity index (χ1v) is 5.92. The summed E-state index contributed by atoms with van der Waals surface area (Å²) < 4.78 is 13.4. The molecule has 94 valence electrons. The molecule has 0 saturated carbocycles. The largest absolute Gasteiger partial charge is 0.397 e. The molecule has 0 heterocycles. The minimum atomic E-state index is -0.563. The van der Waals surface area contributed by atoms with E-state index < -0.39 is 5.82 Å². The fourth-order valence-electron chi connectivity index (χ4n) is 1.73. The molecule has 0 amide bonds. The predicted molar refractivity (Wildman–Crippen MR) is 74.5 cm³/mol. The van der Waals surface area contributed by atoms with Crippen LogP contribution in [-0.2, 0) is 0 Å². The van der Waals surface area contributed by atoms with E-state index in [4.69, 9.17) is 17.3 Å². The van der Waals surface area contributed by atoms with E-state index in [1.807, 2.05) is 12.1 Å². The maximum atomic E-state index is 13.4. The average molecular weight is 273 g/mol. The lowest BCUT2D eigenvalue weighted by Crippen LogP contribution is -2.02. The highest BCUT2D eigenvalue weighted by Gasteiger charge is 2.13. The van der Waals surface area contributed by atoms with Crippen molar-refractivity contribution in [1.82, 2.24) is 0 Å². The van der Waals surface area contributed by atoms with E-state index in [9.17, 15) is 9.65 Å². The van der Waals surface area contributed by atoms with Crippen LogP contribution in [0.25, 0.3) is 11.3 Å². The van der Waals surface area contributed by atoms with Gasteiger partial charge in [-0.05, 0) is 11.6 Å². The Hall–Kier alpha value is -2.31. The molecule has 19 heavy (non-hydrogen) atoms. The number of allylic oxidation sites excluding steroid dienone is 1. The van der Waals surface area contributed by atoms with Crippen LogP contribution in [0.4, 0.5) is 4.39 Å². The summed E-state index contributed by atoms with van der Waals surface area (Å²) in [6.07, 6.45) is 0. The zero-order chi connectivity index (χ0) is 13.8. The molecular weight excluding hydrogens is 263 g/mol. The molecule has 0 unspecified atom stereocenters. The van der Waals surface area contributed by atoms with Gasteiger partial charge in [0.2, 0.25) is 0 Å². The minimum Gasteiger partial charge on any atom is -0.397 e. The van der Waals surface area contributed by atoms with E-state index in [2.05, 4.69) is 0 Å². The van der Waals surface area contributed by atoms with Crippen LogP contribution in [0.3, 0.4) is 0 Å². The van der Waals surface area contributed by atoms with Gasteiger partial charge in [-0.15, -0.1) is 0 Å². The van der Waals surface area contributed by atoms with Gasteiger partial charge in [-0.3, -0.25) is 0 Å². The Morgan fingerprint density at radius 2 is 1.79 bits per heavy atom. The monoisotopic (exact) mass is 272 g/mol. The third-order valence-electron chi connectivity index (χ3n) is 2.69. The van der Waals surface area contributed by atoms with Gasteiger partial charge in [0.1, 0.15) is 11.9 Å². The number of hydrogen-bond donors (Lipinski definition) is 1.